The van der Waals surface area contributed by atoms with Gasteiger partial charge in [0.2, 0.25) is 0 Å². The number of anilines is 1. The lowest BCUT2D eigenvalue weighted by molar-refractivity contribution is 0.0520. The topological polar surface area (TPSA) is 101 Å². The number of nitriles is 1. The fourth-order valence-corrected chi connectivity index (χ4v) is 3.96. The number of halogens is 2. The summed E-state index contributed by atoms with van der Waals surface area (Å²) < 4.78 is 19.5. The average molecular weight is 504 g/mol. The lowest BCUT2D eigenvalue weighted by Crippen LogP contribution is -2.11. The minimum atomic E-state index is -0.660. The zero-order chi connectivity index (χ0) is 25.8. The monoisotopic (exact) mass is 503 g/mol. The number of rotatable bonds is 7. The summed E-state index contributed by atoms with van der Waals surface area (Å²) in [7, 11) is 0. The van der Waals surface area contributed by atoms with Gasteiger partial charge in [-0.1, -0.05) is 31.5 Å². The highest BCUT2D eigenvalue weighted by Gasteiger charge is 2.21. The van der Waals surface area contributed by atoms with Crippen LogP contribution < -0.4 is 5.32 Å². The smallest absolute Gasteiger partial charge is 0.358 e. The normalized spacial score (nSPS) is 10.9. The van der Waals surface area contributed by atoms with Crippen molar-refractivity contribution in [1.29, 1.82) is 5.26 Å². The molecule has 2 aromatic carbocycles. The van der Waals surface area contributed by atoms with Crippen LogP contribution >= 0.6 is 11.6 Å². The number of carbonyl (C=O) groups is 1. The summed E-state index contributed by atoms with van der Waals surface area (Å²) in [6.07, 6.45) is 3.50. The molecule has 4 aromatic rings. The summed E-state index contributed by atoms with van der Waals surface area (Å²) in [6, 6.07) is 11.6. The Balaban J connectivity index is 1.82. The van der Waals surface area contributed by atoms with Gasteiger partial charge in [-0.15, -0.1) is 0 Å². The third-order valence-electron chi connectivity index (χ3n) is 5.55. The van der Waals surface area contributed by atoms with Gasteiger partial charge in [0.05, 0.1) is 34.5 Å². The van der Waals surface area contributed by atoms with Crippen molar-refractivity contribution >= 4 is 34.2 Å². The molecule has 4 rings (SSSR count). The van der Waals surface area contributed by atoms with Crippen molar-refractivity contribution < 1.29 is 13.9 Å². The Morgan fingerprint density at radius 1 is 1.17 bits per heavy atom. The Labute approximate surface area is 212 Å². The van der Waals surface area contributed by atoms with Crippen LogP contribution in [0, 0.1) is 17.1 Å². The molecule has 0 saturated carbocycles. The quantitative estimate of drug-likeness (QED) is 0.296. The second-order valence-electron chi connectivity index (χ2n) is 8.36. The molecule has 36 heavy (non-hydrogen) atoms. The number of carbonyl (C=O) groups excluding carboxylic acids is 1. The molecule has 0 atom stereocenters. The van der Waals surface area contributed by atoms with Crippen LogP contribution in [0.3, 0.4) is 0 Å². The molecule has 0 fully saturated rings. The summed E-state index contributed by atoms with van der Waals surface area (Å²) in [6.45, 7) is 5.92. The molecular weight excluding hydrogens is 481 g/mol. The van der Waals surface area contributed by atoms with Crippen molar-refractivity contribution in [3.8, 4) is 17.2 Å². The molecule has 7 nitrogen and oxygen atoms in total. The third-order valence-corrected chi connectivity index (χ3v) is 5.91. The van der Waals surface area contributed by atoms with Crippen molar-refractivity contribution in [3.63, 3.8) is 0 Å². The molecule has 0 saturated heterocycles. The Bertz CT molecular complexity index is 1480. The minimum Gasteiger partial charge on any atom is -0.461 e. The molecule has 0 radical (unpaired) electrons. The first-order valence-electron chi connectivity index (χ1n) is 11.4. The van der Waals surface area contributed by atoms with Crippen LogP contribution in [0.5, 0.6) is 0 Å². The molecule has 0 bridgehead atoms. The molecule has 182 valence electrons. The number of ether oxygens (including phenoxy) is 1. The standard InChI is InChI=1S/C27H23ClFN5O2/c1-4-36-27(35)25-23(28)24(31-12-18-9-16(11-30)5-7-21(18)29)20-10-17(6-8-22(20)34-25)19-13-32-26(15(2)3)33-14-19/h5-10,13-15H,4,12H2,1-3H3,(H,31,34). The highest BCUT2D eigenvalue weighted by atomic mass is 35.5. The SMILES string of the molecule is CCOC(=O)c1nc2ccc(-c3cnc(C(C)C)nc3)cc2c(NCc2cc(C#N)ccc2F)c1Cl. The Hall–Kier alpha value is -4.09. The van der Waals surface area contributed by atoms with E-state index in [-0.39, 0.29) is 35.3 Å². The van der Waals surface area contributed by atoms with E-state index in [1.807, 2.05) is 32.0 Å². The largest absolute Gasteiger partial charge is 0.461 e. The molecule has 2 aromatic heterocycles. The van der Waals surface area contributed by atoms with Crippen molar-refractivity contribution in [2.24, 2.45) is 0 Å². The van der Waals surface area contributed by atoms with Gasteiger partial charge >= 0.3 is 5.97 Å². The molecule has 1 N–H and O–H groups in total. The first kappa shape index (κ1) is 25.0. The molecular formula is C27H23ClFN5O2. The second-order valence-corrected chi connectivity index (χ2v) is 8.74. The van der Waals surface area contributed by atoms with Gasteiger partial charge in [-0.3, -0.25) is 0 Å². The van der Waals surface area contributed by atoms with Gasteiger partial charge in [0.15, 0.2) is 5.69 Å². The predicted molar refractivity (Wildman–Crippen MR) is 136 cm³/mol. The van der Waals surface area contributed by atoms with E-state index in [4.69, 9.17) is 16.3 Å². The predicted octanol–water partition coefficient (Wildman–Crippen LogP) is 6.27. The third kappa shape index (κ3) is 5.11. The van der Waals surface area contributed by atoms with E-state index in [9.17, 15) is 14.4 Å². The van der Waals surface area contributed by atoms with Crippen LogP contribution in [0.2, 0.25) is 5.02 Å². The lowest BCUT2D eigenvalue weighted by Gasteiger charge is -2.16. The van der Waals surface area contributed by atoms with Crippen LogP contribution in [0.1, 0.15) is 54.1 Å². The second kappa shape index (κ2) is 10.7. The van der Waals surface area contributed by atoms with Crippen molar-refractivity contribution in [1.82, 2.24) is 15.0 Å². The molecule has 0 aliphatic rings. The average Bonchev–Trinajstić information content (AvgIpc) is 2.88. The van der Waals surface area contributed by atoms with E-state index in [0.717, 1.165) is 17.0 Å². The number of hydrogen-bond donors (Lipinski definition) is 1. The van der Waals surface area contributed by atoms with E-state index in [0.29, 0.717) is 22.2 Å². The lowest BCUT2D eigenvalue weighted by atomic mass is 10.0. The number of fused-ring (bicyclic) bond motifs is 1. The van der Waals surface area contributed by atoms with Gasteiger partial charge in [0, 0.05) is 41.4 Å². The van der Waals surface area contributed by atoms with Gasteiger partial charge in [-0.2, -0.15) is 5.26 Å². The highest BCUT2D eigenvalue weighted by molar-refractivity contribution is 6.37. The number of pyridine rings is 1. The maximum Gasteiger partial charge on any atom is 0.358 e. The number of aromatic nitrogens is 3. The fourth-order valence-electron chi connectivity index (χ4n) is 3.68. The Morgan fingerprint density at radius 2 is 1.92 bits per heavy atom. The first-order chi connectivity index (χ1) is 17.3. The van der Waals surface area contributed by atoms with Crippen LogP contribution in [-0.2, 0) is 11.3 Å². The molecule has 9 heteroatoms. The zero-order valence-electron chi connectivity index (χ0n) is 20.0. The van der Waals surface area contributed by atoms with Crippen LogP contribution in [0.15, 0.2) is 48.8 Å². The molecule has 0 spiro atoms. The molecule has 2 heterocycles. The van der Waals surface area contributed by atoms with E-state index < -0.39 is 11.8 Å². The molecule has 0 unspecified atom stereocenters. The minimum absolute atomic E-state index is 0.0267. The summed E-state index contributed by atoms with van der Waals surface area (Å²) in [5, 5.41) is 13.0. The van der Waals surface area contributed by atoms with Crippen LogP contribution in [0.25, 0.3) is 22.0 Å². The fraction of sp³-hybridized carbons (Fsp3) is 0.222. The first-order valence-corrected chi connectivity index (χ1v) is 11.7. The Kier molecular flexibility index (Phi) is 7.41. The van der Waals surface area contributed by atoms with Gasteiger partial charge in [0.25, 0.3) is 0 Å². The maximum absolute atomic E-state index is 14.4. The number of hydrogen-bond acceptors (Lipinski definition) is 7. The van der Waals surface area contributed by atoms with Gasteiger partial charge < -0.3 is 10.1 Å². The van der Waals surface area contributed by atoms with Crippen LogP contribution in [-0.4, -0.2) is 27.5 Å². The zero-order valence-corrected chi connectivity index (χ0v) is 20.7. The Morgan fingerprint density at radius 3 is 2.58 bits per heavy atom. The van der Waals surface area contributed by atoms with Gasteiger partial charge in [-0.25, -0.2) is 24.1 Å². The number of nitrogens with one attached hydrogen (secondary N) is 1. The molecule has 0 amide bonds. The summed E-state index contributed by atoms with van der Waals surface area (Å²) in [4.78, 5) is 25.8. The van der Waals surface area contributed by atoms with E-state index >= 15 is 0 Å². The van der Waals surface area contributed by atoms with Crippen LogP contribution in [0.4, 0.5) is 10.1 Å². The van der Waals surface area contributed by atoms with Gasteiger partial charge in [-0.05, 0) is 42.8 Å². The van der Waals surface area contributed by atoms with Gasteiger partial charge in [0.1, 0.15) is 11.6 Å². The van der Waals surface area contributed by atoms with E-state index in [1.54, 1.807) is 25.4 Å². The number of benzene rings is 2. The summed E-state index contributed by atoms with van der Waals surface area (Å²) in [5.74, 6) is -0.181. The number of esters is 1. The maximum atomic E-state index is 14.4. The molecule has 0 aliphatic heterocycles. The van der Waals surface area contributed by atoms with Crippen molar-refractivity contribution in [2.75, 3.05) is 11.9 Å². The van der Waals surface area contributed by atoms with Crippen molar-refractivity contribution in [3.05, 3.63) is 82.3 Å². The summed E-state index contributed by atoms with van der Waals surface area (Å²) >= 11 is 6.64. The summed E-state index contributed by atoms with van der Waals surface area (Å²) in [5.41, 5.74) is 3.08. The highest BCUT2D eigenvalue weighted by Crippen LogP contribution is 2.36. The van der Waals surface area contributed by atoms with Crippen molar-refractivity contribution in [2.45, 2.75) is 33.2 Å². The van der Waals surface area contributed by atoms with E-state index in [1.165, 1.54) is 18.2 Å². The van der Waals surface area contributed by atoms with E-state index in [2.05, 4.69) is 20.3 Å². The number of nitrogens with zero attached hydrogens (tertiary/aromatic N) is 4. The molecule has 0 aliphatic carbocycles.